The summed E-state index contributed by atoms with van der Waals surface area (Å²) in [5.74, 6) is 0.348. The van der Waals surface area contributed by atoms with Crippen LogP contribution < -0.4 is 10.1 Å². The van der Waals surface area contributed by atoms with Crippen LogP contribution in [0, 0.1) is 13.8 Å². The largest absolute Gasteiger partial charge is 0.417 e. The number of hydrogen-bond donors (Lipinski definition) is 1. The van der Waals surface area contributed by atoms with Gasteiger partial charge in [-0.3, -0.25) is 10.1 Å². The standard InChI is InChI=1S/C17H16ClNO3/c1-10-7-15(8-11(2)16(10)18)22-17(21)19-14-6-4-5-13(9-14)12(3)20/h4-9H,1-3H3,(H,19,21). The zero-order valence-electron chi connectivity index (χ0n) is 12.6. The molecule has 1 N–H and O–H groups in total. The average molecular weight is 318 g/mol. The third kappa shape index (κ3) is 3.86. The Kier molecular flexibility index (Phi) is 4.83. The van der Waals surface area contributed by atoms with Gasteiger partial charge < -0.3 is 4.74 Å². The number of hydrogen-bond acceptors (Lipinski definition) is 3. The summed E-state index contributed by atoms with van der Waals surface area (Å²) in [5.41, 5.74) is 2.70. The van der Waals surface area contributed by atoms with Crippen LogP contribution in [0.4, 0.5) is 10.5 Å². The van der Waals surface area contributed by atoms with E-state index in [1.807, 2.05) is 13.8 Å². The maximum atomic E-state index is 11.9. The molecule has 0 spiro atoms. The van der Waals surface area contributed by atoms with Crippen LogP contribution in [0.25, 0.3) is 0 Å². The van der Waals surface area contributed by atoms with E-state index in [2.05, 4.69) is 5.32 Å². The second-order valence-electron chi connectivity index (χ2n) is 5.02. The van der Waals surface area contributed by atoms with Gasteiger partial charge in [-0.1, -0.05) is 23.7 Å². The van der Waals surface area contributed by atoms with E-state index in [0.717, 1.165) is 11.1 Å². The Morgan fingerprint density at radius 3 is 2.32 bits per heavy atom. The Morgan fingerprint density at radius 2 is 1.73 bits per heavy atom. The van der Waals surface area contributed by atoms with Crippen molar-refractivity contribution in [2.24, 2.45) is 0 Å². The van der Waals surface area contributed by atoms with Crippen LogP contribution in [0.2, 0.25) is 5.02 Å². The van der Waals surface area contributed by atoms with Crippen molar-refractivity contribution in [3.05, 3.63) is 58.1 Å². The molecule has 22 heavy (non-hydrogen) atoms. The van der Waals surface area contributed by atoms with Gasteiger partial charge in [-0.2, -0.15) is 0 Å². The number of carbonyl (C=O) groups excluding carboxylic acids is 2. The normalized spacial score (nSPS) is 10.2. The molecule has 0 aliphatic carbocycles. The van der Waals surface area contributed by atoms with Crippen LogP contribution in [0.1, 0.15) is 28.4 Å². The van der Waals surface area contributed by atoms with Crippen molar-refractivity contribution >= 4 is 29.2 Å². The molecule has 0 saturated heterocycles. The first kappa shape index (κ1) is 16.0. The van der Waals surface area contributed by atoms with Crippen LogP contribution in [0.15, 0.2) is 36.4 Å². The summed E-state index contributed by atoms with van der Waals surface area (Å²) >= 11 is 6.07. The molecule has 0 aliphatic heterocycles. The topological polar surface area (TPSA) is 55.4 Å². The summed E-state index contributed by atoms with van der Waals surface area (Å²) in [6.07, 6.45) is -0.623. The van der Waals surface area contributed by atoms with Crippen LogP contribution in [-0.2, 0) is 0 Å². The molecule has 2 rings (SSSR count). The predicted octanol–water partition coefficient (Wildman–Crippen LogP) is 4.77. The lowest BCUT2D eigenvalue weighted by Crippen LogP contribution is -2.17. The van der Waals surface area contributed by atoms with Crippen LogP contribution in [-0.4, -0.2) is 11.9 Å². The minimum absolute atomic E-state index is 0.0685. The molecule has 0 aromatic heterocycles. The summed E-state index contributed by atoms with van der Waals surface area (Å²) in [5, 5.41) is 3.25. The van der Waals surface area contributed by atoms with Crippen LogP contribution in [0.3, 0.4) is 0 Å². The van der Waals surface area contributed by atoms with Crippen LogP contribution in [0.5, 0.6) is 5.75 Å². The van der Waals surface area contributed by atoms with Gasteiger partial charge in [0.1, 0.15) is 5.75 Å². The number of amides is 1. The van der Waals surface area contributed by atoms with E-state index in [4.69, 9.17) is 16.3 Å². The monoisotopic (exact) mass is 317 g/mol. The van der Waals surface area contributed by atoms with Crippen molar-refractivity contribution in [3.8, 4) is 5.75 Å². The zero-order valence-corrected chi connectivity index (χ0v) is 13.3. The van der Waals surface area contributed by atoms with E-state index in [9.17, 15) is 9.59 Å². The third-order valence-corrected chi connectivity index (χ3v) is 3.73. The van der Waals surface area contributed by atoms with E-state index < -0.39 is 6.09 Å². The van der Waals surface area contributed by atoms with Gasteiger partial charge in [-0.25, -0.2) is 4.79 Å². The Morgan fingerprint density at radius 1 is 1.09 bits per heavy atom. The fourth-order valence-corrected chi connectivity index (χ4v) is 2.14. The Bertz CT molecular complexity index is 717. The maximum Gasteiger partial charge on any atom is 0.417 e. The van der Waals surface area contributed by atoms with Crippen molar-refractivity contribution in [2.75, 3.05) is 5.32 Å². The third-order valence-electron chi connectivity index (χ3n) is 3.14. The average Bonchev–Trinajstić information content (AvgIpc) is 2.44. The fourth-order valence-electron chi connectivity index (χ4n) is 2.03. The van der Waals surface area contributed by atoms with Gasteiger partial charge in [0.05, 0.1) is 0 Å². The first-order chi connectivity index (χ1) is 10.4. The molecular weight excluding hydrogens is 302 g/mol. The van der Waals surface area contributed by atoms with Gasteiger partial charge in [-0.05, 0) is 56.2 Å². The highest BCUT2D eigenvalue weighted by molar-refractivity contribution is 6.32. The minimum atomic E-state index is -0.623. The Hall–Kier alpha value is -2.33. The molecule has 0 heterocycles. The van der Waals surface area contributed by atoms with Crippen molar-refractivity contribution in [1.82, 2.24) is 0 Å². The molecule has 2 aromatic rings. The van der Waals surface area contributed by atoms with Gasteiger partial charge in [-0.15, -0.1) is 0 Å². The van der Waals surface area contributed by atoms with E-state index in [0.29, 0.717) is 22.0 Å². The zero-order chi connectivity index (χ0) is 16.3. The van der Waals surface area contributed by atoms with E-state index in [1.54, 1.807) is 36.4 Å². The number of nitrogens with one attached hydrogen (secondary N) is 1. The van der Waals surface area contributed by atoms with E-state index in [-0.39, 0.29) is 5.78 Å². The van der Waals surface area contributed by atoms with E-state index >= 15 is 0 Å². The summed E-state index contributed by atoms with van der Waals surface area (Å²) in [4.78, 5) is 23.2. The molecule has 4 nitrogen and oxygen atoms in total. The smallest absolute Gasteiger partial charge is 0.410 e. The number of halogens is 1. The second-order valence-corrected chi connectivity index (χ2v) is 5.40. The van der Waals surface area contributed by atoms with Gasteiger partial charge in [0.25, 0.3) is 0 Å². The number of carbonyl (C=O) groups is 2. The second kappa shape index (κ2) is 6.62. The summed E-state index contributed by atoms with van der Waals surface area (Å²) < 4.78 is 5.24. The van der Waals surface area contributed by atoms with E-state index in [1.165, 1.54) is 6.92 Å². The summed E-state index contributed by atoms with van der Waals surface area (Å²) in [7, 11) is 0. The number of ether oxygens (including phenoxy) is 1. The quantitative estimate of drug-likeness (QED) is 0.829. The highest BCUT2D eigenvalue weighted by atomic mass is 35.5. The maximum absolute atomic E-state index is 11.9. The highest BCUT2D eigenvalue weighted by Crippen LogP contribution is 2.26. The van der Waals surface area contributed by atoms with Crippen molar-refractivity contribution < 1.29 is 14.3 Å². The lowest BCUT2D eigenvalue weighted by Gasteiger charge is -2.10. The lowest BCUT2D eigenvalue weighted by atomic mass is 10.1. The number of rotatable bonds is 3. The number of benzene rings is 2. The predicted molar refractivity (Wildman–Crippen MR) is 87.0 cm³/mol. The van der Waals surface area contributed by atoms with Gasteiger partial charge in [0.15, 0.2) is 5.78 Å². The first-order valence-electron chi connectivity index (χ1n) is 6.73. The number of Topliss-reactive ketones (excluding diaryl/α,β-unsaturated/α-hetero) is 1. The number of anilines is 1. The molecular formula is C17H16ClNO3. The number of aryl methyl sites for hydroxylation is 2. The van der Waals surface area contributed by atoms with Crippen molar-refractivity contribution in [3.63, 3.8) is 0 Å². The first-order valence-corrected chi connectivity index (χ1v) is 7.11. The lowest BCUT2D eigenvalue weighted by molar-refractivity contribution is 0.101. The molecule has 2 aromatic carbocycles. The molecule has 1 amide bonds. The number of ketones is 1. The Balaban J connectivity index is 2.10. The Labute approximate surface area is 134 Å². The molecule has 0 unspecified atom stereocenters. The molecule has 5 heteroatoms. The van der Waals surface area contributed by atoms with Gasteiger partial charge >= 0.3 is 6.09 Å². The molecule has 0 fully saturated rings. The molecule has 114 valence electrons. The van der Waals surface area contributed by atoms with Crippen molar-refractivity contribution in [2.45, 2.75) is 20.8 Å². The van der Waals surface area contributed by atoms with Gasteiger partial charge in [0.2, 0.25) is 0 Å². The SMILES string of the molecule is CC(=O)c1cccc(NC(=O)Oc2cc(C)c(Cl)c(C)c2)c1. The highest BCUT2D eigenvalue weighted by Gasteiger charge is 2.09. The molecule has 0 bridgehead atoms. The van der Waals surface area contributed by atoms with Crippen LogP contribution >= 0.6 is 11.6 Å². The molecule has 0 radical (unpaired) electrons. The van der Waals surface area contributed by atoms with Gasteiger partial charge in [0, 0.05) is 16.3 Å². The summed E-state index contributed by atoms with van der Waals surface area (Å²) in [6.45, 7) is 5.16. The minimum Gasteiger partial charge on any atom is -0.410 e. The summed E-state index contributed by atoms with van der Waals surface area (Å²) in [6, 6.07) is 10.1. The molecule has 0 aliphatic rings. The molecule has 0 atom stereocenters. The van der Waals surface area contributed by atoms with Crippen molar-refractivity contribution in [1.29, 1.82) is 0 Å². The fraction of sp³-hybridized carbons (Fsp3) is 0.176. The molecule has 0 saturated carbocycles.